The lowest BCUT2D eigenvalue weighted by atomic mass is 10.0. The molecule has 0 atom stereocenters. The summed E-state index contributed by atoms with van der Waals surface area (Å²) in [5.41, 5.74) is 9.58. The highest BCUT2D eigenvalue weighted by Crippen LogP contribution is 2.08. The van der Waals surface area contributed by atoms with Crippen LogP contribution in [0.4, 0.5) is 5.69 Å². The lowest BCUT2D eigenvalue weighted by Gasteiger charge is -2.12. The van der Waals surface area contributed by atoms with E-state index in [1.807, 2.05) is 6.07 Å². The van der Waals surface area contributed by atoms with Crippen molar-refractivity contribution < 1.29 is 0 Å². The first kappa shape index (κ1) is 11.8. The van der Waals surface area contributed by atoms with E-state index in [-0.39, 0.29) is 0 Å². The Bertz CT molecular complexity index is 687. The predicted molar refractivity (Wildman–Crippen MR) is 80.8 cm³/mol. The van der Waals surface area contributed by atoms with E-state index in [0.717, 1.165) is 30.8 Å². The molecule has 0 saturated heterocycles. The van der Waals surface area contributed by atoms with Crippen molar-refractivity contribution in [3.8, 4) is 0 Å². The molecule has 2 heteroatoms. The average Bonchev–Trinajstić information content (AvgIpc) is 2.46. The van der Waals surface area contributed by atoms with Crippen molar-refractivity contribution in [1.82, 2.24) is 0 Å². The summed E-state index contributed by atoms with van der Waals surface area (Å²) in [5, 5.41) is 5.94. The maximum Gasteiger partial charge on any atom is 0.0439 e. The van der Waals surface area contributed by atoms with E-state index in [1.54, 1.807) is 0 Å². The van der Waals surface area contributed by atoms with E-state index in [4.69, 9.17) is 5.73 Å². The van der Waals surface area contributed by atoms with Crippen LogP contribution in [0, 0.1) is 0 Å². The third-order valence-corrected chi connectivity index (χ3v) is 3.52. The van der Waals surface area contributed by atoms with Gasteiger partial charge < -0.3 is 11.1 Å². The van der Waals surface area contributed by atoms with Gasteiger partial charge in [0, 0.05) is 23.1 Å². The highest BCUT2D eigenvalue weighted by Gasteiger charge is 2.05. The fraction of sp³-hybridized carbons (Fsp3) is 0.176. The van der Waals surface area contributed by atoms with Gasteiger partial charge in [-0.25, -0.2) is 0 Å². The highest BCUT2D eigenvalue weighted by atomic mass is 14.9. The van der Waals surface area contributed by atoms with Gasteiger partial charge in [-0.3, -0.25) is 0 Å². The smallest absolute Gasteiger partial charge is 0.0439 e. The van der Waals surface area contributed by atoms with Gasteiger partial charge in [-0.15, -0.1) is 0 Å². The number of benzene rings is 2. The molecule has 0 amide bonds. The second-order valence-corrected chi connectivity index (χ2v) is 4.88. The first-order chi connectivity index (χ1) is 9.34. The van der Waals surface area contributed by atoms with Crippen LogP contribution in [-0.2, 0) is 6.54 Å². The number of anilines is 1. The molecule has 96 valence electrons. The summed E-state index contributed by atoms with van der Waals surface area (Å²) in [7, 11) is 0. The van der Waals surface area contributed by atoms with Gasteiger partial charge >= 0.3 is 0 Å². The van der Waals surface area contributed by atoms with E-state index in [2.05, 4.69) is 53.9 Å². The molecule has 0 bridgehead atoms. The van der Waals surface area contributed by atoms with E-state index in [0.29, 0.717) is 0 Å². The maximum absolute atomic E-state index is 6.17. The molecule has 0 aliphatic heterocycles. The average molecular weight is 250 g/mol. The maximum atomic E-state index is 6.17. The number of nitrogens with one attached hydrogen (secondary N) is 1. The van der Waals surface area contributed by atoms with Crippen molar-refractivity contribution in [2.75, 3.05) is 5.32 Å². The van der Waals surface area contributed by atoms with Gasteiger partial charge in [-0.05, 0) is 29.7 Å². The van der Waals surface area contributed by atoms with Crippen molar-refractivity contribution in [2.24, 2.45) is 5.73 Å². The van der Waals surface area contributed by atoms with E-state index >= 15 is 0 Å². The summed E-state index contributed by atoms with van der Waals surface area (Å²) in [6, 6.07) is 16.7. The van der Waals surface area contributed by atoms with Gasteiger partial charge in [0.25, 0.3) is 0 Å². The zero-order chi connectivity index (χ0) is 13.1. The molecule has 2 aromatic rings. The Morgan fingerprint density at radius 1 is 1.00 bits per heavy atom. The van der Waals surface area contributed by atoms with Gasteiger partial charge in [0.05, 0.1) is 0 Å². The SMILES string of the molecule is NC1=c2c(NCc3ccccc3)cccc2=CCC1. The van der Waals surface area contributed by atoms with Crippen molar-refractivity contribution in [1.29, 1.82) is 0 Å². The highest BCUT2D eigenvalue weighted by molar-refractivity contribution is 5.59. The lowest BCUT2D eigenvalue weighted by molar-refractivity contribution is 1.05. The van der Waals surface area contributed by atoms with Crippen LogP contribution in [0.5, 0.6) is 0 Å². The Morgan fingerprint density at radius 3 is 2.68 bits per heavy atom. The van der Waals surface area contributed by atoms with E-state index in [9.17, 15) is 0 Å². The molecule has 0 aromatic heterocycles. The van der Waals surface area contributed by atoms with E-state index in [1.165, 1.54) is 16.0 Å². The molecule has 0 heterocycles. The minimum absolute atomic E-state index is 0.824. The van der Waals surface area contributed by atoms with Crippen molar-refractivity contribution >= 4 is 17.5 Å². The molecule has 0 unspecified atom stereocenters. The van der Waals surface area contributed by atoms with Gasteiger partial charge in [0.1, 0.15) is 0 Å². The second kappa shape index (κ2) is 5.19. The fourth-order valence-electron chi connectivity index (χ4n) is 2.55. The summed E-state index contributed by atoms with van der Waals surface area (Å²) in [6.45, 7) is 0.824. The molecule has 19 heavy (non-hydrogen) atoms. The largest absolute Gasteiger partial charge is 0.401 e. The van der Waals surface area contributed by atoms with Crippen LogP contribution in [0.1, 0.15) is 18.4 Å². The molecule has 0 saturated carbocycles. The Kier molecular flexibility index (Phi) is 3.23. The van der Waals surface area contributed by atoms with Crippen LogP contribution < -0.4 is 21.5 Å². The number of rotatable bonds is 3. The monoisotopic (exact) mass is 250 g/mol. The number of fused-ring (bicyclic) bond motifs is 1. The molecule has 0 radical (unpaired) electrons. The first-order valence-corrected chi connectivity index (χ1v) is 6.70. The molecular formula is C17H18N2. The summed E-state index contributed by atoms with van der Waals surface area (Å²) >= 11 is 0. The molecule has 1 aliphatic rings. The van der Waals surface area contributed by atoms with Gasteiger partial charge in [-0.1, -0.05) is 48.5 Å². The summed E-state index contributed by atoms with van der Waals surface area (Å²) < 4.78 is 0. The molecule has 2 nitrogen and oxygen atoms in total. The summed E-state index contributed by atoms with van der Waals surface area (Å²) in [4.78, 5) is 0. The summed E-state index contributed by atoms with van der Waals surface area (Å²) in [5.74, 6) is 0. The number of nitrogens with two attached hydrogens (primary N) is 1. The minimum Gasteiger partial charge on any atom is -0.401 e. The van der Waals surface area contributed by atoms with Gasteiger partial charge in [-0.2, -0.15) is 0 Å². The van der Waals surface area contributed by atoms with Crippen LogP contribution in [0.15, 0.2) is 48.5 Å². The zero-order valence-electron chi connectivity index (χ0n) is 10.9. The molecule has 3 N–H and O–H groups in total. The molecule has 1 aliphatic carbocycles. The van der Waals surface area contributed by atoms with E-state index < -0.39 is 0 Å². The standard InChI is InChI=1S/C17H18N2/c18-15-10-4-8-14-9-5-11-16(17(14)15)19-12-13-6-2-1-3-7-13/h1-3,5-9,11,19H,4,10,12,18H2. The molecule has 3 rings (SSSR count). The second-order valence-electron chi connectivity index (χ2n) is 4.88. The molecule has 0 fully saturated rings. The minimum atomic E-state index is 0.824. The third kappa shape index (κ3) is 2.48. The predicted octanol–water partition coefficient (Wildman–Crippen LogP) is 1.94. The normalized spacial score (nSPS) is 13.6. The van der Waals surface area contributed by atoms with Crippen molar-refractivity contribution in [2.45, 2.75) is 19.4 Å². The quantitative estimate of drug-likeness (QED) is 0.873. The van der Waals surface area contributed by atoms with Crippen LogP contribution in [0.2, 0.25) is 0 Å². The summed E-state index contributed by atoms with van der Waals surface area (Å²) in [6.07, 6.45) is 4.26. The number of hydrogen-bond acceptors (Lipinski definition) is 2. The zero-order valence-corrected chi connectivity index (χ0v) is 10.9. The van der Waals surface area contributed by atoms with Crippen molar-refractivity contribution in [3.05, 3.63) is 64.5 Å². The Balaban J connectivity index is 1.93. The topological polar surface area (TPSA) is 38.0 Å². The van der Waals surface area contributed by atoms with Crippen LogP contribution in [0.25, 0.3) is 11.8 Å². The molecule has 0 spiro atoms. The first-order valence-electron chi connectivity index (χ1n) is 6.70. The third-order valence-electron chi connectivity index (χ3n) is 3.52. The Labute approximate surface area is 113 Å². The van der Waals surface area contributed by atoms with Crippen LogP contribution in [0.3, 0.4) is 0 Å². The molecular weight excluding hydrogens is 232 g/mol. The number of hydrogen-bond donors (Lipinski definition) is 2. The van der Waals surface area contributed by atoms with Crippen LogP contribution >= 0.6 is 0 Å². The fourth-order valence-corrected chi connectivity index (χ4v) is 2.55. The Hall–Kier alpha value is -2.22. The Morgan fingerprint density at radius 2 is 1.84 bits per heavy atom. The van der Waals surface area contributed by atoms with Gasteiger partial charge in [0.2, 0.25) is 0 Å². The molecule has 2 aromatic carbocycles. The van der Waals surface area contributed by atoms with Gasteiger partial charge in [0.15, 0.2) is 0 Å². The van der Waals surface area contributed by atoms with Crippen LogP contribution in [-0.4, -0.2) is 0 Å². The van der Waals surface area contributed by atoms with Crippen molar-refractivity contribution in [3.63, 3.8) is 0 Å². The lowest BCUT2D eigenvalue weighted by Crippen LogP contribution is -2.34.